The Morgan fingerprint density at radius 2 is 1.64 bits per heavy atom. The first kappa shape index (κ1) is 23.2. The Morgan fingerprint density at radius 1 is 1.04 bits per heavy atom. The third-order valence-corrected chi connectivity index (χ3v) is 5.99. The van der Waals surface area contributed by atoms with Crippen LogP contribution < -0.4 is 4.74 Å². The second-order valence-electron chi connectivity index (χ2n) is 10.5. The molecule has 1 aliphatic carbocycles. The highest BCUT2D eigenvalue weighted by atomic mass is 16.5. The number of aliphatic hydroxyl groups excluding tert-OH is 1. The van der Waals surface area contributed by atoms with Gasteiger partial charge in [0.1, 0.15) is 18.5 Å². The largest absolute Gasteiger partial charge is 0.491 e. The van der Waals surface area contributed by atoms with E-state index in [2.05, 4.69) is 58.6 Å². The Morgan fingerprint density at radius 3 is 2.18 bits per heavy atom. The van der Waals surface area contributed by atoms with Gasteiger partial charge in [0.05, 0.1) is 0 Å². The molecule has 1 aromatic rings. The molecule has 0 bridgehead atoms. The minimum absolute atomic E-state index is 0.137. The number of hydrogen-bond donors (Lipinski definition) is 1. The van der Waals surface area contributed by atoms with Crippen molar-refractivity contribution in [1.82, 2.24) is 4.90 Å². The maximum Gasteiger partial charge on any atom is 0.119 e. The highest BCUT2D eigenvalue weighted by molar-refractivity contribution is 5.31. The van der Waals surface area contributed by atoms with Crippen molar-refractivity contribution >= 4 is 0 Å². The standard InChI is InChI=1S/C25H43NO2/c1-7-26(21-11-9-8-10-12-21)17-22(27)18-28-23-15-13-20(14-16-23)25(5,6)19-24(2,3)4/h13-16,21-22,27H,7-12,17-19H2,1-6H3/t22-/m0/s1. The predicted octanol–water partition coefficient (Wildman–Crippen LogP) is 5.79. The fraction of sp³-hybridized carbons (Fsp3) is 0.760. The minimum Gasteiger partial charge on any atom is -0.491 e. The van der Waals surface area contributed by atoms with Gasteiger partial charge in [0, 0.05) is 12.6 Å². The molecule has 160 valence electrons. The first-order chi connectivity index (χ1) is 13.1. The third-order valence-electron chi connectivity index (χ3n) is 5.99. The Labute approximate surface area is 173 Å². The molecule has 3 nitrogen and oxygen atoms in total. The molecular weight excluding hydrogens is 346 g/mol. The maximum absolute atomic E-state index is 10.5. The molecule has 0 radical (unpaired) electrons. The molecular formula is C25H43NO2. The van der Waals surface area contributed by atoms with Crippen LogP contribution in [-0.4, -0.2) is 41.8 Å². The van der Waals surface area contributed by atoms with E-state index in [4.69, 9.17) is 4.74 Å². The number of benzene rings is 1. The van der Waals surface area contributed by atoms with Crippen LogP contribution in [0.25, 0.3) is 0 Å². The van der Waals surface area contributed by atoms with E-state index >= 15 is 0 Å². The van der Waals surface area contributed by atoms with Crippen LogP contribution in [0.3, 0.4) is 0 Å². The second kappa shape index (κ2) is 10.1. The van der Waals surface area contributed by atoms with Gasteiger partial charge in [0.25, 0.3) is 0 Å². The van der Waals surface area contributed by atoms with E-state index in [0.29, 0.717) is 24.6 Å². The number of rotatable bonds is 9. The molecule has 0 aromatic heterocycles. The van der Waals surface area contributed by atoms with Crippen molar-refractivity contribution in [3.63, 3.8) is 0 Å². The van der Waals surface area contributed by atoms with Crippen molar-refractivity contribution < 1.29 is 9.84 Å². The average Bonchev–Trinajstić information content (AvgIpc) is 2.63. The van der Waals surface area contributed by atoms with Gasteiger partial charge in [0.2, 0.25) is 0 Å². The molecule has 1 saturated carbocycles. The Kier molecular flexibility index (Phi) is 8.39. The van der Waals surface area contributed by atoms with E-state index in [-0.39, 0.29) is 5.41 Å². The lowest BCUT2D eigenvalue weighted by molar-refractivity contribution is 0.0463. The van der Waals surface area contributed by atoms with Gasteiger partial charge in [-0.2, -0.15) is 0 Å². The summed E-state index contributed by atoms with van der Waals surface area (Å²) in [5.74, 6) is 0.843. The molecule has 3 heteroatoms. The van der Waals surface area contributed by atoms with E-state index < -0.39 is 6.10 Å². The molecule has 1 atom stereocenters. The summed E-state index contributed by atoms with van der Waals surface area (Å²) in [5.41, 5.74) is 1.77. The number of aliphatic hydroxyl groups is 1. The van der Waals surface area contributed by atoms with E-state index in [0.717, 1.165) is 18.7 Å². The van der Waals surface area contributed by atoms with Crippen molar-refractivity contribution in [3.05, 3.63) is 29.8 Å². The van der Waals surface area contributed by atoms with Gasteiger partial charge in [-0.3, -0.25) is 4.90 Å². The van der Waals surface area contributed by atoms with Crippen LogP contribution in [0.5, 0.6) is 5.75 Å². The Hall–Kier alpha value is -1.06. The van der Waals surface area contributed by atoms with E-state index in [9.17, 15) is 5.11 Å². The number of nitrogens with zero attached hydrogens (tertiary/aromatic N) is 1. The lowest BCUT2D eigenvalue weighted by atomic mass is 9.72. The van der Waals surface area contributed by atoms with Crippen LogP contribution in [0.15, 0.2) is 24.3 Å². The average molecular weight is 390 g/mol. The number of hydrogen-bond acceptors (Lipinski definition) is 3. The summed E-state index contributed by atoms with van der Waals surface area (Å²) in [4.78, 5) is 2.44. The van der Waals surface area contributed by atoms with E-state index in [1.807, 2.05) is 12.1 Å². The molecule has 0 spiro atoms. The zero-order chi connectivity index (χ0) is 20.8. The highest BCUT2D eigenvalue weighted by Gasteiger charge is 2.27. The molecule has 1 aromatic carbocycles. The van der Waals surface area contributed by atoms with Crippen molar-refractivity contribution in [3.8, 4) is 5.75 Å². The van der Waals surface area contributed by atoms with Gasteiger partial charge in [-0.25, -0.2) is 0 Å². The Bertz CT molecular complexity index is 567. The zero-order valence-electron chi connectivity index (χ0n) is 19.1. The first-order valence-corrected chi connectivity index (χ1v) is 11.3. The summed E-state index contributed by atoms with van der Waals surface area (Å²) < 4.78 is 5.89. The van der Waals surface area contributed by atoms with Crippen LogP contribution in [-0.2, 0) is 5.41 Å². The molecule has 0 aliphatic heterocycles. The third kappa shape index (κ3) is 7.40. The zero-order valence-corrected chi connectivity index (χ0v) is 19.1. The Balaban J connectivity index is 1.85. The SMILES string of the molecule is CCN(C[C@H](O)COc1ccc(C(C)(C)CC(C)(C)C)cc1)C1CCCCC1. The molecule has 28 heavy (non-hydrogen) atoms. The van der Waals surface area contributed by atoms with Crippen LogP contribution in [0, 0.1) is 5.41 Å². The number of ether oxygens (including phenoxy) is 1. The summed E-state index contributed by atoms with van der Waals surface area (Å²) in [6, 6.07) is 9.08. The lowest BCUT2D eigenvalue weighted by Crippen LogP contribution is -2.43. The molecule has 1 aliphatic rings. The molecule has 2 rings (SSSR count). The number of likely N-dealkylation sites (N-methyl/N-ethyl adjacent to an activating group) is 1. The topological polar surface area (TPSA) is 32.7 Å². The fourth-order valence-corrected chi connectivity index (χ4v) is 4.93. The first-order valence-electron chi connectivity index (χ1n) is 11.3. The summed E-state index contributed by atoms with van der Waals surface area (Å²) in [5, 5.41) is 10.5. The van der Waals surface area contributed by atoms with Gasteiger partial charge < -0.3 is 9.84 Å². The molecule has 1 fully saturated rings. The second-order valence-corrected chi connectivity index (χ2v) is 10.5. The van der Waals surface area contributed by atoms with Crippen molar-refractivity contribution in [2.45, 2.75) is 97.6 Å². The van der Waals surface area contributed by atoms with Crippen molar-refractivity contribution in [2.75, 3.05) is 19.7 Å². The van der Waals surface area contributed by atoms with Crippen LogP contribution in [0.2, 0.25) is 0 Å². The van der Waals surface area contributed by atoms with Gasteiger partial charge in [-0.05, 0) is 54.3 Å². The molecule has 1 N–H and O–H groups in total. The van der Waals surface area contributed by atoms with Crippen molar-refractivity contribution in [1.29, 1.82) is 0 Å². The molecule has 0 unspecified atom stereocenters. The summed E-state index contributed by atoms with van der Waals surface area (Å²) in [6.07, 6.45) is 7.24. The summed E-state index contributed by atoms with van der Waals surface area (Å²) in [7, 11) is 0. The smallest absolute Gasteiger partial charge is 0.119 e. The highest BCUT2D eigenvalue weighted by Crippen LogP contribution is 2.36. The van der Waals surface area contributed by atoms with Crippen molar-refractivity contribution in [2.24, 2.45) is 5.41 Å². The monoisotopic (exact) mass is 389 g/mol. The van der Waals surface area contributed by atoms with Crippen LogP contribution >= 0.6 is 0 Å². The predicted molar refractivity (Wildman–Crippen MR) is 119 cm³/mol. The summed E-state index contributed by atoms with van der Waals surface area (Å²) >= 11 is 0. The quantitative estimate of drug-likeness (QED) is 0.580. The van der Waals surface area contributed by atoms with Gasteiger partial charge in [0.15, 0.2) is 0 Å². The normalized spacial score (nSPS) is 17.7. The molecule has 0 saturated heterocycles. The molecule has 0 heterocycles. The van der Waals surface area contributed by atoms with Gasteiger partial charge >= 0.3 is 0 Å². The fourth-order valence-electron chi connectivity index (χ4n) is 4.93. The van der Waals surface area contributed by atoms with Gasteiger partial charge in [-0.1, -0.05) is 72.9 Å². The minimum atomic E-state index is -0.445. The van der Waals surface area contributed by atoms with Crippen LogP contribution in [0.4, 0.5) is 0 Å². The lowest BCUT2D eigenvalue weighted by Gasteiger charge is -2.34. The van der Waals surface area contributed by atoms with E-state index in [1.165, 1.54) is 37.7 Å². The summed E-state index contributed by atoms with van der Waals surface area (Å²) in [6.45, 7) is 15.7. The van der Waals surface area contributed by atoms with Crippen LogP contribution in [0.1, 0.15) is 85.6 Å². The maximum atomic E-state index is 10.5. The van der Waals surface area contributed by atoms with E-state index in [1.54, 1.807) is 0 Å². The molecule has 0 amide bonds. The van der Waals surface area contributed by atoms with Gasteiger partial charge in [-0.15, -0.1) is 0 Å².